The summed E-state index contributed by atoms with van der Waals surface area (Å²) < 4.78 is 24.8. The highest BCUT2D eigenvalue weighted by Crippen LogP contribution is 2.25. The maximum atomic E-state index is 13.9. The van der Waals surface area contributed by atoms with Crippen LogP contribution in [-0.2, 0) is 11.3 Å². The van der Waals surface area contributed by atoms with Crippen LogP contribution in [0.5, 0.6) is 0 Å². The molecular formula is C21H20FN3O3. The Hall–Kier alpha value is -3.19. The largest absolute Gasteiger partial charge is 0.451 e. The normalized spacial score (nSPS) is 14.1. The molecule has 0 aliphatic carbocycles. The minimum Gasteiger partial charge on any atom is -0.451 e. The Bertz CT molecular complexity index is 967. The number of carbonyl (C=O) groups is 1. The third-order valence-electron chi connectivity index (χ3n) is 4.59. The number of benzene rings is 1. The van der Waals surface area contributed by atoms with Crippen LogP contribution in [0.15, 0.2) is 59.1 Å². The molecule has 1 saturated heterocycles. The van der Waals surface area contributed by atoms with Gasteiger partial charge in [0.2, 0.25) is 0 Å². The summed E-state index contributed by atoms with van der Waals surface area (Å²) in [5, 5.41) is 2.85. The number of ether oxygens (including phenoxy) is 1. The topological polar surface area (TPSA) is 67.6 Å². The predicted molar refractivity (Wildman–Crippen MR) is 103 cm³/mol. The average Bonchev–Trinajstić information content (AvgIpc) is 3.23. The highest BCUT2D eigenvalue weighted by molar-refractivity contribution is 5.92. The number of hydrogen-bond donors (Lipinski definition) is 1. The maximum absolute atomic E-state index is 13.9. The Balaban J connectivity index is 1.45. The molecule has 1 N–H and O–H groups in total. The van der Waals surface area contributed by atoms with Gasteiger partial charge in [-0.05, 0) is 30.3 Å². The Morgan fingerprint density at radius 1 is 1.11 bits per heavy atom. The van der Waals surface area contributed by atoms with E-state index in [4.69, 9.17) is 9.15 Å². The van der Waals surface area contributed by atoms with Crippen LogP contribution < -0.4 is 10.2 Å². The van der Waals surface area contributed by atoms with Crippen LogP contribution in [0.4, 0.5) is 10.2 Å². The number of morpholine rings is 1. The van der Waals surface area contributed by atoms with E-state index in [0.29, 0.717) is 31.1 Å². The number of pyridine rings is 1. The fourth-order valence-electron chi connectivity index (χ4n) is 3.16. The fourth-order valence-corrected chi connectivity index (χ4v) is 3.16. The molecule has 0 saturated carbocycles. The number of carbonyl (C=O) groups excluding carboxylic acids is 1. The van der Waals surface area contributed by atoms with E-state index >= 15 is 0 Å². The van der Waals surface area contributed by atoms with Gasteiger partial charge in [-0.15, -0.1) is 0 Å². The van der Waals surface area contributed by atoms with Crippen molar-refractivity contribution >= 4 is 11.7 Å². The van der Waals surface area contributed by atoms with Gasteiger partial charge >= 0.3 is 0 Å². The first-order valence-corrected chi connectivity index (χ1v) is 9.12. The number of hydrogen-bond acceptors (Lipinski definition) is 5. The monoisotopic (exact) mass is 381 g/mol. The summed E-state index contributed by atoms with van der Waals surface area (Å²) in [4.78, 5) is 19.1. The van der Waals surface area contributed by atoms with Crippen LogP contribution in [0, 0.1) is 5.82 Å². The zero-order chi connectivity index (χ0) is 19.3. The van der Waals surface area contributed by atoms with E-state index in [1.807, 2.05) is 12.1 Å². The van der Waals surface area contributed by atoms with Crippen LogP contribution in [0.25, 0.3) is 11.3 Å². The maximum Gasteiger partial charge on any atom is 0.287 e. The van der Waals surface area contributed by atoms with E-state index in [1.165, 1.54) is 6.07 Å². The third kappa shape index (κ3) is 3.89. The highest BCUT2D eigenvalue weighted by Gasteiger charge is 2.18. The van der Waals surface area contributed by atoms with Crippen molar-refractivity contribution in [2.24, 2.45) is 0 Å². The third-order valence-corrected chi connectivity index (χ3v) is 4.59. The van der Waals surface area contributed by atoms with Crippen LogP contribution in [0.1, 0.15) is 16.1 Å². The lowest BCUT2D eigenvalue weighted by molar-refractivity contribution is 0.0923. The molecule has 1 aliphatic rings. The number of nitrogens with one attached hydrogen (secondary N) is 1. The van der Waals surface area contributed by atoms with Crippen molar-refractivity contribution in [2.75, 3.05) is 31.2 Å². The van der Waals surface area contributed by atoms with Crippen molar-refractivity contribution in [3.63, 3.8) is 0 Å². The van der Waals surface area contributed by atoms with Crippen LogP contribution in [-0.4, -0.2) is 37.2 Å². The minimum absolute atomic E-state index is 0.134. The Morgan fingerprint density at radius 3 is 2.75 bits per heavy atom. The lowest BCUT2D eigenvalue weighted by Crippen LogP contribution is -2.37. The number of nitrogens with zero attached hydrogens (tertiary/aromatic N) is 2. The van der Waals surface area contributed by atoms with Gasteiger partial charge in [0.15, 0.2) is 5.76 Å². The van der Waals surface area contributed by atoms with Gasteiger partial charge in [-0.1, -0.05) is 18.2 Å². The molecule has 6 nitrogen and oxygen atoms in total. The Labute approximate surface area is 161 Å². The molecule has 0 bridgehead atoms. The fraction of sp³-hybridized carbons (Fsp3) is 0.238. The number of rotatable bonds is 5. The lowest BCUT2D eigenvalue weighted by Gasteiger charge is -2.29. The molecule has 4 rings (SSSR count). The van der Waals surface area contributed by atoms with Crippen molar-refractivity contribution in [3.8, 4) is 11.3 Å². The van der Waals surface area contributed by atoms with Gasteiger partial charge in [-0.2, -0.15) is 0 Å². The SMILES string of the molecule is O=C(NCc1cccnc1N1CCOCC1)c1ccc(-c2ccccc2F)o1. The lowest BCUT2D eigenvalue weighted by atomic mass is 10.1. The van der Waals surface area contributed by atoms with Gasteiger partial charge < -0.3 is 19.4 Å². The molecule has 0 unspecified atom stereocenters. The van der Waals surface area contributed by atoms with Crippen LogP contribution in [0.2, 0.25) is 0 Å². The van der Waals surface area contributed by atoms with Gasteiger partial charge in [0.05, 0.1) is 18.8 Å². The number of halogens is 1. The first-order valence-electron chi connectivity index (χ1n) is 9.12. The number of furan rings is 1. The molecular weight excluding hydrogens is 361 g/mol. The molecule has 1 aliphatic heterocycles. The average molecular weight is 381 g/mol. The van der Waals surface area contributed by atoms with E-state index in [-0.39, 0.29) is 11.7 Å². The van der Waals surface area contributed by atoms with E-state index in [0.717, 1.165) is 24.5 Å². The molecule has 1 amide bonds. The zero-order valence-corrected chi connectivity index (χ0v) is 15.2. The van der Waals surface area contributed by atoms with Crippen molar-refractivity contribution in [3.05, 3.63) is 71.9 Å². The minimum atomic E-state index is -0.394. The van der Waals surface area contributed by atoms with E-state index in [9.17, 15) is 9.18 Å². The summed E-state index contributed by atoms with van der Waals surface area (Å²) in [6, 6.07) is 13.2. The standard InChI is InChI=1S/C21H20FN3O3/c22-17-6-2-1-5-16(17)18-7-8-19(28-18)21(26)24-14-15-4-3-9-23-20(15)25-10-12-27-13-11-25/h1-9H,10-14H2,(H,24,26). The Kier molecular flexibility index (Phi) is 5.34. The molecule has 0 radical (unpaired) electrons. The summed E-state index contributed by atoms with van der Waals surface area (Å²) in [5.74, 6) is 0.542. The second-order valence-electron chi connectivity index (χ2n) is 6.41. The molecule has 1 fully saturated rings. The molecule has 2 aromatic heterocycles. The van der Waals surface area contributed by atoms with Crippen molar-refractivity contribution in [2.45, 2.75) is 6.54 Å². The molecule has 3 aromatic rings. The summed E-state index contributed by atoms with van der Waals surface area (Å²) in [5.41, 5.74) is 1.24. The number of aromatic nitrogens is 1. The van der Waals surface area contributed by atoms with Gasteiger partial charge in [0, 0.05) is 31.4 Å². The first kappa shape index (κ1) is 18.2. The molecule has 1 aromatic carbocycles. The van der Waals surface area contributed by atoms with Crippen molar-refractivity contribution in [1.29, 1.82) is 0 Å². The quantitative estimate of drug-likeness (QED) is 0.735. The Morgan fingerprint density at radius 2 is 1.93 bits per heavy atom. The zero-order valence-electron chi connectivity index (χ0n) is 15.2. The predicted octanol–water partition coefficient (Wildman–Crippen LogP) is 3.25. The van der Waals surface area contributed by atoms with Gasteiger partial charge in [-0.25, -0.2) is 9.37 Å². The molecule has 144 valence electrons. The summed E-state index contributed by atoms with van der Waals surface area (Å²) in [7, 11) is 0. The van der Waals surface area contributed by atoms with E-state index in [1.54, 1.807) is 36.5 Å². The van der Waals surface area contributed by atoms with Gasteiger partial charge in [0.1, 0.15) is 17.4 Å². The molecule has 28 heavy (non-hydrogen) atoms. The van der Waals surface area contributed by atoms with E-state index < -0.39 is 5.82 Å². The molecule has 0 spiro atoms. The first-order chi connectivity index (χ1) is 13.7. The highest BCUT2D eigenvalue weighted by atomic mass is 19.1. The van der Waals surface area contributed by atoms with Gasteiger partial charge in [-0.3, -0.25) is 4.79 Å². The van der Waals surface area contributed by atoms with Crippen LogP contribution in [0.3, 0.4) is 0 Å². The van der Waals surface area contributed by atoms with Crippen molar-refractivity contribution < 1.29 is 18.3 Å². The molecule has 0 atom stereocenters. The van der Waals surface area contributed by atoms with E-state index in [2.05, 4.69) is 15.2 Å². The smallest absolute Gasteiger partial charge is 0.287 e. The second kappa shape index (κ2) is 8.22. The summed E-state index contributed by atoms with van der Waals surface area (Å²) >= 11 is 0. The molecule has 3 heterocycles. The summed E-state index contributed by atoms with van der Waals surface area (Å²) in [6.45, 7) is 3.17. The second-order valence-corrected chi connectivity index (χ2v) is 6.41. The van der Waals surface area contributed by atoms with Crippen LogP contribution >= 0.6 is 0 Å². The molecule has 7 heteroatoms. The van der Waals surface area contributed by atoms with Gasteiger partial charge in [0.25, 0.3) is 5.91 Å². The summed E-state index contributed by atoms with van der Waals surface area (Å²) in [6.07, 6.45) is 1.74. The van der Waals surface area contributed by atoms with Crippen molar-refractivity contribution in [1.82, 2.24) is 10.3 Å². The number of amides is 1. The number of anilines is 1.